The van der Waals surface area contributed by atoms with Gasteiger partial charge in [-0.25, -0.2) is 0 Å². The molecule has 2 aromatic rings. The Bertz CT molecular complexity index is 923. The third-order valence-electron chi connectivity index (χ3n) is 3.73. The highest BCUT2D eigenvalue weighted by molar-refractivity contribution is 9.11. The van der Waals surface area contributed by atoms with Crippen LogP contribution in [0.4, 0.5) is 11.4 Å². The van der Waals surface area contributed by atoms with E-state index >= 15 is 0 Å². The van der Waals surface area contributed by atoms with Gasteiger partial charge in [-0.2, -0.15) is 0 Å². The molecule has 0 fully saturated rings. The number of nitrogen functional groups attached to an aromatic ring is 2. The van der Waals surface area contributed by atoms with Crippen LogP contribution < -0.4 is 11.5 Å². The number of hydrogen-bond donors (Lipinski definition) is 2. The molecule has 0 amide bonds. The minimum Gasteiger partial charge on any atom is -0.398 e. The second-order valence-electron chi connectivity index (χ2n) is 5.26. The van der Waals surface area contributed by atoms with Gasteiger partial charge >= 0.3 is 0 Å². The number of fused-ring (bicyclic) bond motifs is 2. The molecule has 4 nitrogen and oxygen atoms in total. The number of rotatable bonds is 0. The second-order valence-corrected chi connectivity index (χ2v) is 9.07. The third kappa shape index (κ3) is 2.35. The molecular weight excluding hydrogens is 476 g/mol. The van der Waals surface area contributed by atoms with E-state index in [0.29, 0.717) is 41.3 Å². The maximum Gasteiger partial charge on any atom is 0.202 e. The molecule has 0 spiro atoms. The largest absolute Gasteiger partial charge is 0.398 e. The van der Waals surface area contributed by atoms with Crippen molar-refractivity contribution in [3.8, 4) is 0 Å². The number of hydrogen-bond acceptors (Lipinski definition) is 6. The van der Waals surface area contributed by atoms with E-state index in [2.05, 4.69) is 31.9 Å². The van der Waals surface area contributed by atoms with E-state index in [1.807, 2.05) is 0 Å². The average Bonchev–Trinajstić information content (AvgIpc) is 3.00. The summed E-state index contributed by atoms with van der Waals surface area (Å²) in [6, 6.07) is 6.92. The number of thioether (sulfide) groups is 2. The summed E-state index contributed by atoms with van der Waals surface area (Å²) in [6.45, 7) is 0. The molecule has 2 heterocycles. The fraction of sp³-hybridized carbons (Fsp3) is 0. The Balaban J connectivity index is 1.83. The van der Waals surface area contributed by atoms with Crippen LogP contribution in [0.15, 0.2) is 52.8 Å². The molecule has 0 unspecified atom stereocenters. The third-order valence-corrected chi connectivity index (χ3v) is 7.54. The summed E-state index contributed by atoms with van der Waals surface area (Å²) in [4.78, 5) is 27.9. The molecule has 0 saturated carbocycles. The molecule has 24 heavy (non-hydrogen) atoms. The summed E-state index contributed by atoms with van der Waals surface area (Å²) in [5.41, 5.74) is 14.0. The molecule has 0 atom stereocenters. The Kier molecular flexibility index (Phi) is 3.83. The molecule has 8 heteroatoms. The van der Waals surface area contributed by atoms with Crippen LogP contribution >= 0.6 is 55.4 Å². The normalized spacial score (nSPS) is 18.9. The van der Waals surface area contributed by atoms with Gasteiger partial charge in [0.2, 0.25) is 11.6 Å². The van der Waals surface area contributed by atoms with Crippen molar-refractivity contribution in [1.29, 1.82) is 0 Å². The lowest BCUT2D eigenvalue weighted by Gasteiger charge is -2.00. The number of carbonyl (C=O) groups excluding carboxylic acids is 2. The van der Waals surface area contributed by atoms with E-state index in [-0.39, 0.29) is 11.6 Å². The van der Waals surface area contributed by atoms with Crippen LogP contribution in [0, 0.1) is 0 Å². The number of halogens is 2. The van der Waals surface area contributed by atoms with Crippen LogP contribution in [-0.4, -0.2) is 11.6 Å². The molecular formula is C16H8Br2N2O2S2. The Labute approximate surface area is 162 Å². The molecule has 0 aliphatic carbocycles. The van der Waals surface area contributed by atoms with Crippen molar-refractivity contribution in [2.75, 3.05) is 11.5 Å². The summed E-state index contributed by atoms with van der Waals surface area (Å²) in [7, 11) is 0. The first kappa shape index (κ1) is 16.3. The lowest BCUT2D eigenvalue weighted by atomic mass is 10.1. The molecule has 4 rings (SSSR count). The Morgan fingerprint density at radius 3 is 1.46 bits per heavy atom. The minimum atomic E-state index is -0.147. The predicted molar refractivity (Wildman–Crippen MR) is 105 cm³/mol. The van der Waals surface area contributed by atoms with Crippen molar-refractivity contribution >= 4 is 78.3 Å². The molecule has 4 N–H and O–H groups in total. The standard InChI is InChI=1S/C16H8Br2N2O2S2/c17-7-1-5-11(3-9(7)19)23-15(13(5)21)16-14(22)6-2-8(18)10(20)4-12(6)24-16/h1-4H,19-20H2/b16-15+. The quantitative estimate of drug-likeness (QED) is 0.410. The van der Waals surface area contributed by atoms with Crippen LogP contribution in [0.1, 0.15) is 20.7 Å². The highest BCUT2D eigenvalue weighted by atomic mass is 79.9. The molecule has 2 aliphatic rings. The first-order chi connectivity index (χ1) is 11.4. The average molecular weight is 484 g/mol. The van der Waals surface area contributed by atoms with Crippen molar-refractivity contribution in [3.63, 3.8) is 0 Å². The Morgan fingerprint density at radius 2 is 1.08 bits per heavy atom. The van der Waals surface area contributed by atoms with Gasteiger partial charge < -0.3 is 11.5 Å². The van der Waals surface area contributed by atoms with Crippen molar-refractivity contribution < 1.29 is 9.59 Å². The van der Waals surface area contributed by atoms with Crippen molar-refractivity contribution in [3.05, 3.63) is 54.1 Å². The van der Waals surface area contributed by atoms with Crippen molar-refractivity contribution in [2.45, 2.75) is 9.79 Å². The SMILES string of the molecule is Nc1cc2c(cc1Br)C(=O)/C(=C1\Sc3cc(N)c(Br)cc3C1=O)S2. The fourth-order valence-electron chi connectivity index (χ4n) is 2.52. The van der Waals surface area contributed by atoms with E-state index in [0.717, 1.165) is 9.79 Å². The topological polar surface area (TPSA) is 86.2 Å². The minimum absolute atomic E-state index is 0.147. The first-order valence-corrected chi connectivity index (χ1v) is 9.96. The van der Waals surface area contributed by atoms with Gasteiger partial charge in [0.1, 0.15) is 0 Å². The maximum atomic E-state index is 12.7. The van der Waals surface area contributed by atoms with Crippen LogP contribution in [0.25, 0.3) is 0 Å². The molecule has 0 saturated heterocycles. The molecule has 2 aliphatic heterocycles. The second kappa shape index (κ2) is 5.66. The zero-order valence-corrected chi connectivity index (χ0v) is 16.7. The fourth-order valence-corrected chi connectivity index (χ4v) is 5.57. The lowest BCUT2D eigenvalue weighted by Crippen LogP contribution is -2.02. The number of Topliss-reactive ketones (excluding diaryl/α,β-unsaturated/α-hetero) is 2. The summed E-state index contributed by atoms with van der Waals surface area (Å²) in [5, 5.41) is 0. The molecule has 0 bridgehead atoms. The van der Waals surface area contributed by atoms with Gasteiger partial charge in [0, 0.05) is 41.2 Å². The lowest BCUT2D eigenvalue weighted by molar-refractivity contribution is 0.101. The van der Waals surface area contributed by atoms with E-state index in [4.69, 9.17) is 11.5 Å². The monoisotopic (exact) mass is 482 g/mol. The summed E-state index contributed by atoms with van der Waals surface area (Å²) >= 11 is 9.26. The number of allylic oxidation sites excluding steroid dienone is 2. The molecule has 0 radical (unpaired) electrons. The van der Waals surface area contributed by atoms with Crippen LogP contribution in [0.2, 0.25) is 0 Å². The summed E-state index contributed by atoms with van der Waals surface area (Å²) in [6.07, 6.45) is 0. The number of nitrogens with two attached hydrogens (primary N) is 2. The Morgan fingerprint density at radius 1 is 0.708 bits per heavy atom. The van der Waals surface area contributed by atoms with Crippen molar-refractivity contribution in [1.82, 2.24) is 0 Å². The zero-order valence-electron chi connectivity index (χ0n) is 11.9. The van der Waals surface area contributed by atoms with Gasteiger partial charge in [-0.3, -0.25) is 9.59 Å². The van der Waals surface area contributed by atoms with Crippen LogP contribution in [-0.2, 0) is 0 Å². The Hall–Kier alpha value is -1.22. The van der Waals surface area contributed by atoms with E-state index < -0.39 is 0 Å². The predicted octanol–water partition coefficient (Wildman–Crippen LogP) is 4.86. The van der Waals surface area contributed by atoms with E-state index in [1.165, 1.54) is 23.5 Å². The number of anilines is 2. The molecule has 0 aromatic heterocycles. The first-order valence-electron chi connectivity index (χ1n) is 6.74. The van der Waals surface area contributed by atoms with Gasteiger partial charge in [0.15, 0.2) is 0 Å². The van der Waals surface area contributed by atoms with Crippen LogP contribution in [0.3, 0.4) is 0 Å². The van der Waals surface area contributed by atoms with Gasteiger partial charge in [0.25, 0.3) is 0 Å². The smallest absolute Gasteiger partial charge is 0.202 e. The summed E-state index contributed by atoms with van der Waals surface area (Å²) < 4.78 is 1.35. The van der Waals surface area contributed by atoms with Crippen molar-refractivity contribution in [2.24, 2.45) is 0 Å². The number of benzene rings is 2. The van der Waals surface area contributed by atoms with E-state index in [9.17, 15) is 9.59 Å². The van der Waals surface area contributed by atoms with Gasteiger partial charge in [-0.15, -0.1) is 0 Å². The van der Waals surface area contributed by atoms with Gasteiger partial charge in [-0.1, -0.05) is 23.5 Å². The number of carbonyl (C=O) groups is 2. The zero-order chi connectivity index (χ0) is 17.2. The van der Waals surface area contributed by atoms with Gasteiger partial charge in [-0.05, 0) is 56.1 Å². The summed E-state index contributed by atoms with van der Waals surface area (Å²) in [5.74, 6) is -0.294. The van der Waals surface area contributed by atoms with Gasteiger partial charge in [0.05, 0.1) is 9.81 Å². The van der Waals surface area contributed by atoms with Crippen LogP contribution in [0.5, 0.6) is 0 Å². The maximum absolute atomic E-state index is 12.7. The highest BCUT2D eigenvalue weighted by Gasteiger charge is 2.36. The molecule has 120 valence electrons. The van der Waals surface area contributed by atoms with E-state index in [1.54, 1.807) is 24.3 Å². The highest BCUT2D eigenvalue weighted by Crippen LogP contribution is 2.51. The number of ketones is 2. The molecule has 2 aromatic carbocycles.